The Labute approximate surface area is 85.0 Å². The largest absolute Gasteiger partial charge is 0.396 e. The molecule has 0 spiro atoms. The first kappa shape index (κ1) is 12.8. The lowest BCUT2D eigenvalue weighted by atomic mass is 10.1. The highest BCUT2D eigenvalue weighted by Gasteiger charge is 2.07. The van der Waals surface area contributed by atoms with Crippen LogP contribution in [0.1, 0.15) is 13.3 Å². The summed E-state index contributed by atoms with van der Waals surface area (Å²) in [5, 5.41) is 8.65. The van der Waals surface area contributed by atoms with Crippen LogP contribution in [-0.4, -0.2) is 11.7 Å². The highest BCUT2D eigenvalue weighted by molar-refractivity contribution is 5.30. The van der Waals surface area contributed by atoms with Crippen LogP contribution in [0.3, 0.4) is 0 Å². The molecule has 1 nitrogen and oxygen atoms in total. The first-order valence-corrected chi connectivity index (χ1v) is 4.59. The lowest BCUT2D eigenvalue weighted by Gasteiger charge is -2.00. The van der Waals surface area contributed by atoms with Crippen molar-refractivity contribution in [1.82, 2.24) is 0 Å². The maximum absolute atomic E-state index is 13.1. The Morgan fingerprint density at radius 3 is 2.71 bits per heavy atom. The van der Waals surface area contributed by atoms with Gasteiger partial charge in [0.05, 0.1) is 0 Å². The average Bonchev–Trinajstić information content (AvgIpc) is 2.34. The van der Waals surface area contributed by atoms with Crippen molar-refractivity contribution in [2.75, 3.05) is 6.61 Å². The van der Waals surface area contributed by atoms with Gasteiger partial charge in [0, 0.05) is 12.5 Å². The van der Waals surface area contributed by atoms with Crippen LogP contribution >= 0.6 is 0 Å². The minimum atomic E-state index is -0.141. The van der Waals surface area contributed by atoms with Gasteiger partial charge in [0.1, 0.15) is 5.83 Å². The smallest absolute Gasteiger partial charge is 0.107 e. The van der Waals surface area contributed by atoms with Gasteiger partial charge in [-0.3, -0.25) is 0 Å². The third kappa shape index (κ3) is 4.19. The summed E-state index contributed by atoms with van der Waals surface area (Å²) in [4.78, 5) is 0. The minimum Gasteiger partial charge on any atom is -0.396 e. The Kier molecular flexibility index (Phi) is 6.68. The average molecular weight is 196 g/mol. The van der Waals surface area contributed by atoms with Crippen molar-refractivity contribution in [2.24, 2.45) is 5.92 Å². The van der Waals surface area contributed by atoms with Crippen molar-refractivity contribution in [2.45, 2.75) is 13.3 Å². The maximum Gasteiger partial charge on any atom is 0.107 e. The summed E-state index contributed by atoms with van der Waals surface area (Å²) in [6, 6.07) is 0. The fraction of sp³-hybridized carbons (Fsp3) is 0.333. The van der Waals surface area contributed by atoms with Crippen LogP contribution in [0.15, 0.2) is 48.9 Å². The highest BCUT2D eigenvalue weighted by Crippen LogP contribution is 2.20. The predicted molar refractivity (Wildman–Crippen MR) is 58.5 cm³/mol. The van der Waals surface area contributed by atoms with Gasteiger partial charge in [0.15, 0.2) is 0 Å². The molecular weight excluding hydrogens is 179 g/mol. The highest BCUT2D eigenvalue weighted by atomic mass is 19.1. The Morgan fingerprint density at radius 2 is 2.14 bits per heavy atom. The summed E-state index contributed by atoms with van der Waals surface area (Å²) in [7, 11) is 0. The molecule has 0 bridgehead atoms. The van der Waals surface area contributed by atoms with Crippen LogP contribution in [0, 0.1) is 5.92 Å². The molecule has 0 radical (unpaired) electrons. The minimum absolute atomic E-state index is 0.0673. The topological polar surface area (TPSA) is 20.2 Å². The number of aliphatic hydroxyl groups is 1. The van der Waals surface area contributed by atoms with E-state index in [0.717, 1.165) is 5.57 Å². The zero-order valence-corrected chi connectivity index (χ0v) is 8.54. The molecule has 1 aliphatic rings. The van der Waals surface area contributed by atoms with E-state index in [1.54, 1.807) is 13.0 Å². The zero-order chi connectivity index (χ0) is 11.0. The quantitative estimate of drug-likeness (QED) is 0.673. The first-order chi connectivity index (χ1) is 6.74. The van der Waals surface area contributed by atoms with Crippen molar-refractivity contribution in [1.29, 1.82) is 0 Å². The van der Waals surface area contributed by atoms with E-state index < -0.39 is 0 Å². The maximum atomic E-state index is 13.1. The van der Waals surface area contributed by atoms with Crippen molar-refractivity contribution < 1.29 is 9.50 Å². The normalized spacial score (nSPS) is 20.1. The number of hydrogen-bond acceptors (Lipinski definition) is 1. The molecule has 1 atom stereocenters. The molecule has 78 valence electrons. The number of rotatable bonds is 2. The Hall–Kier alpha value is -1.15. The molecule has 0 heterocycles. The second kappa shape index (κ2) is 7.27. The fourth-order valence-corrected chi connectivity index (χ4v) is 1.08. The Balaban J connectivity index is 0.000000791. The lowest BCUT2D eigenvalue weighted by Crippen LogP contribution is -1.90. The standard InChI is InChI=1S/C10H13FO.C2H4/c1-8-3-2-4-9(5-6-12)7-10(8)11;1-2/h2-4,7-8,12H,5-6H2,1H3;1-2H2. The van der Waals surface area contributed by atoms with E-state index in [4.69, 9.17) is 5.11 Å². The molecule has 0 aromatic carbocycles. The molecule has 0 fully saturated rings. The summed E-state index contributed by atoms with van der Waals surface area (Å²) < 4.78 is 13.1. The molecule has 2 heteroatoms. The number of hydrogen-bond donors (Lipinski definition) is 1. The fourth-order valence-electron chi connectivity index (χ4n) is 1.08. The molecule has 0 aliphatic heterocycles. The van der Waals surface area contributed by atoms with Gasteiger partial charge in [-0.25, -0.2) is 4.39 Å². The third-order valence-electron chi connectivity index (χ3n) is 1.87. The van der Waals surface area contributed by atoms with Gasteiger partial charge in [0.25, 0.3) is 0 Å². The van der Waals surface area contributed by atoms with Crippen molar-refractivity contribution >= 4 is 0 Å². The van der Waals surface area contributed by atoms with E-state index in [9.17, 15) is 4.39 Å². The van der Waals surface area contributed by atoms with Crippen LogP contribution < -0.4 is 0 Å². The molecule has 0 aromatic rings. The summed E-state index contributed by atoms with van der Waals surface area (Å²) in [6.07, 6.45) is 7.49. The van der Waals surface area contributed by atoms with Crippen LogP contribution in [0.2, 0.25) is 0 Å². The zero-order valence-electron chi connectivity index (χ0n) is 8.54. The van der Waals surface area contributed by atoms with Crippen LogP contribution in [0.25, 0.3) is 0 Å². The number of aliphatic hydroxyl groups excluding tert-OH is 1. The van der Waals surface area contributed by atoms with E-state index in [1.165, 1.54) is 6.08 Å². The summed E-state index contributed by atoms with van der Waals surface area (Å²) >= 11 is 0. The van der Waals surface area contributed by atoms with Crippen molar-refractivity contribution in [3.8, 4) is 0 Å². The van der Waals surface area contributed by atoms with Gasteiger partial charge in [0.2, 0.25) is 0 Å². The van der Waals surface area contributed by atoms with E-state index in [1.807, 2.05) is 12.2 Å². The summed E-state index contributed by atoms with van der Waals surface area (Å²) in [5.74, 6) is -0.277. The van der Waals surface area contributed by atoms with Crippen LogP contribution in [-0.2, 0) is 0 Å². The van der Waals surface area contributed by atoms with Gasteiger partial charge in [-0.05, 0) is 18.1 Å². The molecule has 0 saturated heterocycles. The Morgan fingerprint density at radius 1 is 1.50 bits per heavy atom. The predicted octanol–water partition coefficient (Wildman–Crippen LogP) is 3.16. The van der Waals surface area contributed by atoms with Gasteiger partial charge in [-0.1, -0.05) is 25.2 Å². The van der Waals surface area contributed by atoms with Crippen molar-refractivity contribution in [3.05, 3.63) is 48.9 Å². The Bertz CT molecular complexity index is 251. The molecule has 1 aliphatic carbocycles. The molecule has 0 amide bonds. The molecular formula is C12H17FO. The molecule has 1 unspecified atom stereocenters. The number of halogens is 1. The van der Waals surface area contributed by atoms with E-state index in [2.05, 4.69) is 13.2 Å². The van der Waals surface area contributed by atoms with Gasteiger partial charge >= 0.3 is 0 Å². The molecule has 0 aromatic heterocycles. The third-order valence-corrected chi connectivity index (χ3v) is 1.87. The summed E-state index contributed by atoms with van der Waals surface area (Å²) in [6.45, 7) is 7.87. The van der Waals surface area contributed by atoms with Crippen molar-refractivity contribution in [3.63, 3.8) is 0 Å². The van der Waals surface area contributed by atoms with E-state index >= 15 is 0 Å². The second-order valence-corrected chi connectivity index (χ2v) is 2.92. The van der Waals surface area contributed by atoms with E-state index in [-0.39, 0.29) is 18.4 Å². The van der Waals surface area contributed by atoms with E-state index in [0.29, 0.717) is 6.42 Å². The lowest BCUT2D eigenvalue weighted by molar-refractivity contribution is 0.300. The SMILES string of the molecule is C=C.CC1C=CC=C(CCO)C=C1F. The van der Waals surface area contributed by atoms with Crippen LogP contribution in [0.4, 0.5) is 4.39 Å². The molecule has 0 saturated carbocycles. The number of allylic oxidation sites excluding steroid dienone is 5. The molecule has 1 rings (SSSR count). The first-order valence-electron chi connectivity index (χ1n) is 4.59. The molecule has 14 heavy (non-hydrogen) atoms. The van der Waals surface area contributed by atoms with Gasteiger partial charge in [-0.2, -0.15) is 0 Å². The van der Waals surface area contributed by atoms with Gasteiger partial charge < -0.3 is 5.11 Å². The molecule has 1 N–H and O–H groups in total. The monoisotopic (exact) mass is 196 g/mol. The second-order valence-electron chi connectivity index (χ2n) is 2.92. The summed E-state index contributed by atoms with van der Waals surface area (Å²) in [5.41, 5.74) is 0.843. The van der Waals surface area contributed by atoms with Crippen LogP contribution in [0.5, 0.6) is 0 Å². The van der Waals surface area contributed by atoms with Gasteiger partial charge in [-0.15, -0.1) is 13.2 Å².